The minimum absolute atomic E-state index is 0. The van der Waals surface area contributed by atoms with Crippen LogP contribution < -0.4 is 78.8 Å². The summed E-state index contributed by atoms with van der Waals surface area (Å²) in [6.45, 7) is -1.61. The van der Waals surface area contributed by atoms with Gasteiger partial charge in [0.15, 0.2) is 12.6 Å². The van der Waals surface area contributed by atoms with Gasteiger partial charge in [-0.05, 0) is 12.1 Å². The molecule has 0 fully saturated rings. The Morgan fingerprint density at radius 3 is 1.41 bits per heavy atom. The zero-order valence-corrected chi connectivity index (χ0v) is 16.0. The fourth-order valence-corrected chi connectivity index (χ4v) is 1.30. The Hall–Kier alpha value is -0.900. The summed E-state index contributed by atoms with van der Waals surface area (Å²) in [6.07, 6.45) is 0.677. The van der Waals surface area contributed by atoms with Gasteiger partial charge in [-0.3, -0.25) is 9.59 Å². The van der Waals surface area contributed by atoms with Crippen LogP contribution in [0.5, 0.6) is 11.5 Å². The first-order chi connectivity index (χ1) is 9.47. The first kappa shape index (κ1) is 23.4. The zero-order chi connectivity index (χ0) is 15.1. The standard InChI is InChI=1S/C12H10O8.2Na/c13-3-7-1-9(19-5-11(15)16)8(4-14)2-10(7)20-6-12(17)18;;/h1-4H,5-6H2,(H,15,16)(H,17,18);;/q;2*+1/p-2. The van der Waals surface area contributed by atoms with E-state index >= 15 is 0 Å². The summed E-state index contributed by atoms with van der Waals surface area (Å²) in [5, 5.41) is 20.6. The number of carbonyl (C=O) groups excluding carboxylic acids is 4. The van der Waals surface area contributed by atoms with Gasteiger partial charge in [-0.25, -0.2) is 0 Å². The molecular weight excluding hydrogens is 318 g/mol. The van der Waals surface area contributed by atoms with E-state index in [2.05, 4.69) is 0 Å². The normalized spacial score (nSPS) is 8.73. The third-order valence-corrected chi connectivity index (χ3v) is 2.09. The topological polar surface area (TPSA) is 133 Å². The maximum absolute atomic E-state index is 10.8. The molecule has 106 valence electrons. The summed E-state index contributed by atoms with van der Waals surface area (Å²) in [5.74, 6) is -3.34. The fraction of sp³-hybridized carbons (Fsp3) is 0.167. The van der Waals surface area contributed by atoms with Gasteiger partial charge in [0.05, 0.1) is 23.1 Å². The smallest absolute Gasteiger partial charge is 0.546 e. The summed E-state index contributed by atoms with van der Waals surface area (Å²) >= 11 is 0. The second kappa shape index (κ2) is 11.6. The minimum atomic E-state index is -1.51. The third kappa shape index (κ3) is 7.39. The molecule has 10 heteroatoms. The van der Waals surface area contributed by atoms with Crippen molar-refractivity contribution < 1.29 is 98.0 Å². The largest absolute Gasteiger partial charge is 1.00 e. The van der Waals surface area contributed by atoms with Gasteiger partial charge < -0.3 is 29.3 Å². The number of benzene rings is 1. The van der Waals surface area contributed by atoms with Gasteiger partial charge in [-0.15, -0.1) is 0 Å². The summed E-state index contributed by atoms with van der Waals surface area (Å²) in [4.78, 5) is 42.3. The van der Waals surface area contributed by atoms with Crippen LogP contribution in [-0.2, 0) is 9.59 Å². The molecule has 0 unspecified atom stereocenters. The molecule has 0 heterocycles. The number of rotatable bonds is 8. The molecule has 0 aliphatic carbocycles. The predicted molar refractivity (Wildman–Crippen MR) is 58.2 cm³/mol. The van der Waals surface area contributed by atoms with Crippen LogP contribution in [-0.4, -0.2) is 37.7 Å². The molecule has 8 nitrogen and oxygen atoms in total. The molecule has 0 spiro atoms. The molecule has 0 aliphatic rings. The molecular formula is C12H8Na2O8. The Morgan fingerprint density at radius 1 is 0.864 bits per heavy atom. The van der Waals surface area contributed by atoms with Crippen molar-refractivity contribution in [2.45, 2.75) is 0 Å². The van der Waals surface area contributed by atoms with Crippen LogP contribution in [0.15, 0.2) is 12.1 Å². The van der Waals surface area contributed by atoms with Gasteiger partial charge in [0, 0.05) is 0 Å². The number of carbonyl (C=O) groups is 4. The minimum Gasteiger partial charge on any atom is -0.546 e. The molecule has 0 saturated carbocycles. The van der Waals surface area contributed by atoms with E-state index < -0.39 is 25.2 Å². The Labute approximate surface area is 169 Å². The van der Waals surface area contributed by atoms with Crippen LogP contribution in [0.1, 0.15) is 20.7 Å². The van der Waals surface area contributed by atoms with Gasteiger partial charge in [0.1, 0.15) is 24.7 Å². The van der Waals surface area contributed by atoms with Crippen LogP contribution in [0.2, 0.25) is 0 Å². The average molecular weight is 326 g/mol. The number of ether oxygens (including phenoxy) is 2. The van der Waals surface area contributed by atoms with E-state index in [0.29, 0.717) is 12.6 Å². The van der Waals surface area contributed by atoms with Crippen molar-refractivity contribution in [2.24, 2.45) is 0 Å². The molecule has 1 rings (SSSR count). The predicted octanol–water partition coefficient (Wildman–Crippen LogP) is -8.42. The van der Waals surface area contributed by atoms with Crippen LogP contribution >= 0.6 is 0 Å². The van der Waals surface area contributed by atoms with Gasteiger partial charge in [0.25, 0.3) is 0 Å². The second-order valence-electron chi connectivity index (χ2n) is 3.48. The number of carboxylic acid groups (broad SMARTS) is 2. The Morgan fingerprint density at radius 2 is 1.18 bits per heavy atom. The Kier molecular flexibility index (Phi) is 12.4. The fourth-order valence-electron chi connectivity index (χ4n) is 1.30. The SMILES string of the molecule is O=Cc1cc(OCC(=O)[O-])c(C=O)cc1OCC(=O)[O-].[Na+].[Na+]. The van der Waals surface area contributed by atoms with Gasteiger partial charge in [-0.1, -0.05) is 0 Å². The van der Waals surface area contributed by atoms with Crippen molar-refractivity contribution in [3.05, 3.63) is 23.3 Å². The number of aliphatic carboxylic acids is 2. The molecule has 0 radical (unpaired) electrons. The monoisotopic (exact) mass is 326 g/mol. The Bertz CT molecular complexity index is 509. The van der Waals surface area contributed by atoms with E-state index in [1.165, 1.54) is 0 Å². The van der Waals surface area contributed by atoms with E-state index in [9.17, 15) is 29.4 Å². The van der Waals surface area contributed by atoms with Gasteiger partial charge >= 0.3 is 59.1 Å². The number of carboxylic acids is 2. The first-order valence-corrected chi connectivity index (χ1v) is 5.21. The molecule has 1 aromatic carbocycles. The van der Waals surface area contributed by atoms with Crippen LogP contribution in [0.25, 0.3) is 0 Å². The molecule has 0 saturated heterocycles. The summed E-state index contributed by atoms with van der Waals surface area (Å²) in [5.41, 5.74) is -0.213. The van der Waals surface area contributed by atoms with Crippen molar-refractivity contribution in [3.63, 3.8) is 0 Å². The van der Waals surface area contributed by atoms with Crippen LogP contribution in [0, 0.1) is 0 Å². The third-order valence-electron chi connectivity index (χ3n) is 2.09. The maximum Gasteiger partial charge on any atom is 1.00 e. The zero-order valence-electron chi connectivity index (χ0n) is 12.0. The molecule has 0 amide bonds. The number of hydrogen-bond donors (Lipinski definition) is 0. The Balaban J connectivity index is 0. The molecule has 0 N–H and O–H groups in total. The molecule has 22 heavy (non-hydrogen) atoms. The second-order valence-corrected chi connectivity index (χ2v) is 3.48. The first-order valence-electron chi connectivity index (χ1n) is 5.21. The molecule has 0 aromatic heterocycles. The quantitative estimate of drug-likeness (QED) is 0.340. The van der Waals surface area contributed by atoms with E-state index in [1.54, 1.807) is 0 Å². The van der Waals surface area contributed by atoms with E-state index in [0.717, 1.165) is 12.1 Å². The van der Waals surface area contributed by atoms with E-state index in [1.807, 2.05) is 0 Å². The van der Waals surface area contributed by atoms with Gasteiger partial charge in [-0.2, -0.15) is 0 Å². The number of aldehydes is 2. The summed E-state index contributed by atoms with van der Waals surface area (Å²) in [7, 11) is 0. The van der Waals surface area contributed by atoms with Crippen molar-refractivity contribution >= 4 is 24.5 Å². The van der Waals surface area contributed by atoms with Crippen LogP contribution in [0.4, 0.5) is 0 Å². The maximum atomic E-state index is 10.8. The summed E-state index contributed by atoms with van der Waals surface area (Å²) in [6, 6.07) is 2.12. The van der Waals surface area contributed by atoms with Crippen LogP contribution in [0.3, 0.4) is 0 Å². The average Bonchev–Trinajstić information content (AvgIpc) is 2.42. The molecule has 0 aliphatic heterocycles. The van der Waals surface area contributed by atoms with Crippen molar-refractivity contribution in [3.8, 4) is 11.5 Å². The molecule has 1 aromatic rings. The van der Waals surface area contributed by atoms with Crippen molar-refractivity contribution in [2.75, 3.05) is 13.2 Å². The molecule has 0 bridgehead atoms. The van der Waals surface area contributed by atoms with E-state index in [-0.39, 0.29) is 81.7 Å². The van der Waals surface area contributed by atoms with Crippen molar-refractivity contribution in [1.29, 1.82) is 0 Å². The molecule has 0 atom stereocenters. The van der Waals surface area contributed by atoms with Crippen molar-refractivity contribution in [1.82, 2.24) is 0 Å². The van der Waals surface area contributed by atoms with E-state index in [4.69, 9.17) is 9.47 Å². The number of hydrogen-bond acceptors (Lipinski definition) is 8. The van der Waals surface area contributed by atoms with Gasteiger partial charge in [0.2, 0.25) is 0 Å². The summed E-state index contributed by atoms with van der Waals surface area (Å²) < 4.78 is 9.55.